The van der Waals surface area contributed by atoms with Crippen LogP contribution in [0.1, 0.15) is 12.8 Å². The highest BCUT2D eigenvalue weighted by Crippen LogP contribution is 2.21. The normalized spacial score (nSPS) is 17.4. The van der Waals surface area contributed by atoms with E-state index in [0.29, 0.717) is 6.42 Å². The van der Waals surface area contributed by atoms with Crippen LogP contribution in [0.4, 0.5) is 0 Å². The van der Waals surface area contributed by atoms with E-state index < -0.39 is 0 Å². The van der Waals surface area contributed by atoms with E-state index in [4.69, 9.17) is 0 Å². The number of hydrogen-bond donors (Lipinski definition) is 1. The summed E-state index contributed by atoms with van der Waals surface area (Å²) in [5, 5.41) is 7.27. The lowest BCUT2D eigenvalue weighted by molar-refractivity contribution is -0.119. The number of nitrogens with one attached hydrogen (secondary N) is 1. The average molecular weight is 307 g/mol. The second kappa shape index (κ2) is 5.72. The summed E-state index contributed by atoms with van der Waals surface area (Å²) in [6, 6.07) is 10.2. The molecule has 116 valence electrons. The Morgan fingerprint density at radius 1 is 1.22 bits per heavy atom. The zero-order valence-electron chi connectivity index (χ0n) is 12.6. The molecule has 1 saturated heterocycles. The molecule has 4 rings (SSSR count). The summed E-state index contributed by atoms with van der Waals surface area (Å²) < 4.78 is 3.92. The van der Waals surface area contributed by atoms with Crippen LogP contribution >= 0.6 is 0 Å². The van der Waals surface area contributed by atoms with Gasteiger partial charge in [0.2, 0.25) is 5.91 Å². The summed E-state index contributed by atoms with van der Waals surface area (Å²) in [6.07, 6.45) is 8.93. The molecule has 1 amide bonds. The van der Waals surface area contributed by atoms with Gasteiger partial charge in [-0.3, -0.25) is 4.79 Å². The predicted molar refractivity (Wildman–Crippen MR) is 85.9 cm³/mol. The third kappa shape index (κ3) is 2.75. The Kier molecular flexibility index (Phi) is 3.42. The molecule has 1 fully saturated rings. The van der Waals surface area contributed by atoms with Gasteiger partial charge in [0.05, 0.1) is 5.69 Å². The molecule has 6 nitrogen and oxygen atoms in total. The lowest BCUT2D eigenvalue weighted by Gasteiger charge is -2.14. The Balaban J connectivity index is 1.63. The number of carbonyl (C=O) groups excluding carboxylic acids is 1. The minimum absolute atomic E-state index is 0.136. The largest absolute Gasteiger partial charge is 0.352 e. The first-order valence-corrected chi connectivity index (χ1v) is 7.70. The first kappa shape index (κ1) is 13.8. The van der Waals surface area contributed by atoms with Crippen molar-refractivity contribution in [1.29, 1.82) is 0 Å². The van der Waals surface area contributed by atoms with Gasteiger partial charge in [-0.05, 0) is 24.6 Å². The molecule has 1 N–H and O–H groups in total. The van der Waals surface area contributed by atoms with Crippen molar-refractivity contribution in [2.24, 2.45) is 0 Å². The van der Waals surface area contributed by atoms with Crippen LogP contribution in [0.5, 0.6) is 0 Å². The van der Waals surface area contributed by atoms with Gasteiger partial charge < -0.3 is 9.88 Å². The zero-order chi connectivity index (χ0) is 15.6. The van der Waals surface area contributed by atoms with Crippen LogP contribution in [0.3, 0.4) is 0 Å². The third-order valence-electron chi connectivity index (χ3n) is 4.09. The monoisotopic (exact) mass is 307 g/mol. The highest BCUT2D eigenvalue weighted by Gasteiger charge is 2.21. The molecule has 1 atom stereocenters. The fraction of sp³-hybridized carbons (Fsp3) is 0.235. The number of rotatable bonds is 4. The average Bonchev–Trinajstić information content (AvgIpc) is 3.30. The number of amides is 1. The van der Waals surface area contributed by atoms with E-state index in [0.717, 1.165) is 30.0 Å². The van der Waals surface area contributed by atoms with E-state index in [1.807, 2.05) is 41.3 Å². The molecule has 1 aromatic carbocycles. The van der Waals surface area contributed by atoms with Gasteiger partial charge in [-0.15, -0.1) is 0 Å². The minimum atomic E-state index is 0.136. The standard InChI is InChI=1S/C17H17N5O/c23-16-6-5-14(20-16)12-21-10-8-18-17(21)13-3-1-4-15(11-13)22-9-2-7-19-22/h1-4,7-11,14H,5-6,12H2,(H,20,23). The van der Waals surface area contributed by atoms with Gasteiger partial charge in [0.15, 0.2) is 0 Å². The first-order valence-electron chi connectivity index (χ1n) is 7.70. The summed E-state index contributed by atoms with van der Waals surface area (Å²) in [7, 11) is 0. The van der Waals surface area contributed by atoms with Gasteiger partial charge in [0.25, 0.3) is 0 Å². The fourth-order valence-electron chi connectivity index (χ4n) is 2.98. The molecule has 1 unspecified atom stereocenters. The minimum Gasteiger partial charge on any atom is -0.352 e. The van der Waals surface area contributed by atoms with Crippen molar-refractivity contribution < 1.29 is 4.79 Å². The fourth-order valence-corrected chi connectivity index (χ4v) is 2.98. The quantitative estimate of drug-likeness (QED) is 0.802. The van der Waals surface area contributed by atoms with Gasteiger partial charge in [-0.2, -0.15) is 5.10 Å². The van der Waals surface area contributed by atoms with Crippen molar-refractivity contribution in [3.8, 4) is 17.1 Å². The molecule has 1 aliphatic rings. The highest BCUT2D eigenvalue weighted by molar-refractivity contribution is 5.78. The first-order chi connectivity index (χ1) is 11.3. The lowest BCUT2D eigenvalue weighted by Crippen LogP contribution is -2.29. The molecule has 0 spiro atoms. The number of hydrogen-bond acceptors (Lipinski definition) is 3. The Labute approximate surface area is 133 Å². The smallest absolute Gasteiger partial charge is 0.220 e. The molecule has 1 aliphatic heterocycles. The van der Waals surface area contributed by atoms with Crippen molar-refractivity contribution >= 4 is 5.91 Å². The topological polar surface area (TPSA) is 64.7 Å². The number of carbonyl (C=O) groups is 1. The molecule has 0 bridgehead atoms. The molecule has 6 heteroatoms. The molecule has 0 aliphatic carbocycles. The Morgan fingerprint density at radius 2 is 2.17 bits per heavy atom. The van der Waals surface area contributed by atoms with Gasteiger partial charge in [0, 0.05) is 49.4 Å². The maximum Gasteiger partial charge on any atom is 0.220 e. The summed E-state index contributed by atoms with van der Waals surface area (Å²) in [5.74, 6) is 1.04. The van der Waals surface area contributed by atoms with Crippen molar-refractivity contribution in [2.75, 3.05) is 0 Å². The molecular formula is C17H17N5O. The molecule has 0 saturated carbocycles. The maximum absolute atomic E-state index is 11.4. The van der Waals surface area contributed by atoms with Crippen molar-refractivity contribution in [3.63, 3.8) is 0 Å². The molecule has 0 radical (unpaired) electrons. The Hall–Kier alpha value is -2.89. The van der Waals surface area contributed by atoms with E-state index in [2.05, 4.69) is 26.0 Å². The maximum atomic E-state index is 11.4. The Morgan fingerprint density at radius 3 is 2.96 bits per heavy atom. The van der Waals surface area contributed by atoms with Crippen LogP contribution in [0.25, 0.3) is 17.1 Å². The third-order valence-corrected chi connectivity index (χ3v) is 4.09. The van der Waals surface area contributed by atoms with Crippen LogP contribution in [0.15, 0.2) is 55.1 Å². The number of nitrogens with zero attached hydrogens (tertiary/aromatic N) is 4. The van der Waals surface area contributed by atoms with Crippen molar-refractivity contribution in [1.82, 2.24) is 24.6 Å². The predicted octanol–water partition coefficient (Wildman–Crippen LogP) is 2.01. The van der Waals surface area contributed by atoms with E-state index >= 15 is 0 Å². The molecule has 3 heterocycles. The van der Waals surface area contributed by atoms with Crippen molar-refractivity contribution in [2.45, 2.75) is 25.4 Å². The van der Waals surface area contributed by atoms with Crippen molar-refractivity contribution in [3.05, 3.63) is 55.1 Å². The van der Waals surface area contributed by atoms with E-state index in [1.165, 1.54) is 0 Å². The van der Waals surface area contributed by atoms with E-state index in [9.17, 15) is 4.79 Å². The van der Waals surface area contributed by atoms with E-state index in [-0.39, 0.29) is 11.9 Å². The van der Waals surface area contributed by atoms with Gasteiger partial charge in [0.1, 0.15) is 5.82 Å². The van der Waals surface area contributed by atoms with Gasteiger partial charge in [-0.25, -0.2) is 9.67 Å². The van der Waals surface area contributed by atoms with E-state index in [1.54, 1.807) is 12.4 Å². The summed E-state index contributed by atoms with van der Waals surface area (Å²) in [4.78, 5) is 15.9. The van der Waals surface area contributed by atoms with Crippen LogP contribution in [-0.4, -0.2) is 31.3 Å². The molecule has 2 aromatic heterocycles. The number of imidazole rings is 1. The second-order valence-electron chi connectivity index (χ2n) is 5.71. The van der Waals surface area contributed by atoms with Crippen LogP contribution in [0.2, 0.25) is 0 Å². The number of aromatic nitrogens is 4. The lowest BCUT2D eigenvalue weighted by atomic mass is 10.1. The molecule has 23 heavy (non-hydrogen) atoms. The van der Waals surface area contributed by atoms with Crippen LogP contribution < -0.4 is 5.32 Å². The second-order valence-corrected chi connectivity index (χ2v) is 5.71. The number of benzene rings is 1. The highest BCUT2D eigenvalue weighted by atomic mass is 16.1. The zero-order valence-corrected chi connectivity index (χ0v) is 12.6. The SMILES string of the molecule is O=C1CCC(Cn2ccnc2-c2cccc(-n3cccn3)c2)N1. The summed E-state index contributed by atoms with van der Waals surface area (Å²) in [5.41, 5.74) is 2.03. The Bertz CT molecular complexity index is 821. The molecular weight excluding hydrogens is 290 g/mol. The van der Waals surface area contributed by atoms with Gasteiger partial charge >= 0.3 is 0 Å². The summed E-state index contributed by atoms with van der Waals surface area (Å²) >= 11 is 0. The molecule has 3 aromatic rings. The van der Waals surface area contributed by atoms with Crippen LogP contribution in [-0.2, 0) is 11.3 Å². The summed E-state index contributed by atoms with van der Waals surface area (Å²) in [6.45, 7) is 0.743. The van der Waals surface area contributed by atoms with Crippen LogP contribution in [0, 0.1) is 0 Å². The van der Waals surface area contributed by atoms with Gasteiger partial charge in [-0.1, -0.05) is 12.1 Å².